The Kier molecular flexibility index (Phi) is 8.35. The zero-order valence-electron chi connectivity index (χ0n) is 18.7. The first-order chi connectivity index (χ1) is 15.1. The molecule has 0 bridgehead atoms. The predicted molar refractivity (Wildman–Crippen MR) is 127 cm³/mol. The van der Waals surface area contributed by atoms with Gasteiger partial charge in [-0.3, -0.25) is 4.79 Å². The highest BCUT2D eigenvalue weighted by Gasteiger charge is 2.17. The Morgan fingerprint density at radius 2 is 1.87 bits per heavy atom. The van der Waals surface area contributed by atoms with Crippen LogP contribution in [-0.2, 0) is 4.79 Å². The van der Waals surface area contributed by atoms with Gasteiger partial charge in [0.25, 0.3) is 0 Å². The summed E-state index contributed by atoms with van der Waals surface area (Å²) in [6.45, 7) is 4.86. The van der Waals surface area contributed by atoms with E-state index in [0.29, 0.717) is 24.1 Å². The Morgan fingerprint density at radius 1 is 1.13 bits per heavy atom. The fraction of sp³-hybridized carbons (Fsp3) is 0.400. The molecule has 0 spiro atoms. The molecule has 2 aromatic rings. The Bertz CT molecular complexity index is 889. The van der Waals surface area contributed by atoms with Crippen LogP contribution in [0, 0.1) is 0 Å². The molecule has 0 atom stereocenters. The van der Waals surface area contributed by atoms with Crippen molar-refractivity contribution in [3.63, 3.8) is 0 Å². The second-order valence-corrected chi connectivity index (χ2v) is 7.85. The molecule has 0 radical (unpaired) electrons. The number of methoxy groups -OCH3 is 1. The van der Waals surface area contributed by atoms with Crippen LogP contribution in [0.2, 0.25) is 0 Å². The smallest absolute Gasteiger partial charge is 0.248 e. The van der Waals surface area contributed by atoms with Gasteiger partial charge in [0.2, 0.25) is 5.91 Å². The topological polar surface area (TPSA) is 62.8 Å². The van der Waals surface area contributed by atoms with Crippen molar-refractivity contribution in [1.82, 2.24) is 4.90 Å². The molecule has 1 heterocycles. The Balaban J connectivity index is 1.62. The maximum Gasteiger partial charge on any atom is 0.248 e. The number of likely N-dealkylation sites (tertiary alicyclic amines) is 1. The molecule has 6 heteroatoms. The molecule has 1 fully saturated rings. The van der Waals surface area contributed by atoms with Gasteiger partial charge in [-0.05, 0) is 75.3 Å². The average molecular weight is 424 g/mol. The number of para-hydroxylation sites is 2. The zero-order valence-corrected chi connectivity index (χ0v) is 18.7. The van der Waals surface area contributed by atoms with Gasteiger partial charge in [0, 0.05) is 12.1 Å². The molecule has 0 saturated carbocycles. The third-order valence-electron chi connectivity index (χ3n) is 5.34. The van der Waals surface area contributed by atoms with Crippen molar-refractivity contribution < 1.29 is 14.3 Å². The van der Waals surface area contributed by atoms with E-state index in [2.05, 4.69) is 29.5 Å². The summed E-state index contributed by atoms with van der Waals surface area (Å²) < 4.78 is 11.1. The first kappa shape index (κ1) is 22.7. The van der Waals surface area contributed by atoms with Crippen LogP contribution in [0.5, 0.6) is 11.5 Å². The minimum atomic E-state index is -0.178. The lowest BCUT2D eigenvalue weighted by Gasteiger charge is -2.30. The van der Waals surface area contributed by atoms with Crippen molar-refractivity contribution >= 4 is 23.4 Å². The van der Waals surface area contributed by atoms with Crippen molar-refractivity contribution in [3.8, 4) is 11.5 Å². The van der Waals surface area contributed by atoms with E-state index in [9.17, 15) is 4.79 Å². The quantitative estimate of drug-likeness (QED) is 0.575. The molecule has 1 aliphatic heterocycles. The van der Waals surface area contributed by atoms with E-state index < -0.39 is 0 Å². The van der Waals surface area contributed by atoms with Crippen LogP contribution in [0.15, 0.2) is 48.5 Å². The van der Waals surface area contributed by atoms with Gasteiger partial charge in [0.05, 0.1) is 25.1 Å². The van der Waals surface area contributed by atoms with Crippen molar-refractivity contribution in [2.24, 2.45) is 0 Å². The minimum Gasteiger partial charge on any atom is -0.493 e. The molecule has 0 aliphatic carbocycles. The van der Waals surface area contributed by atoms with Crippen LogP contribution in [0.25, 0.3) is 6.08 Å². The first-order valence-electron chi connectivity index (χ1n) is 10.9. The molecular formula is C25H33N3O3. The second-order valence-electron chi connectivity index (χ2n) is 7.85. The van der Waals surface area contributed by atoms with E-state index in [1.807, 2.05) is 42.5 Å². The van der Waals surface area contributed by atoms with Gasteiger partial charge in [-0.15, -0.1) is 0 Å². The fourth-order valence-electron chi connectivity index (χ4n) is 3.56. The maximum absolute atomic E-state index is 12.5. The zero-order chi connectivity index (χ0) is 22.1. The van der Waals surface area contributed by atoms with Gasteiger partial charge < -0.3 is 25.0 Å². The Morgan fingerprint density at radius 3 is 2.58 bits per heavy atom. The van der Waals surface area contributed by atoms with Crippen LogP contribution in [0.3, 0.4) is 0 Å². The number of ether oxygens (including phenoxy) is 2. The van der Waals surface area contributed by atoms with Gasteiger partial charge in [0.15, 0.2) is 11.5 Å². The summed E-state index contributed by atoms with van der Waals surface area (Å²) in [7, 11) is 3.76. The largest absolute Gasteiger partial charge is 0.493 e. The Hall–Kier alpha value is -2.99. The van der Waals surface area contributed by atoms with Crippen molar-refractivity contribution in [2.75, 3.05) is 44.5 Å². The highest BCUT2D eigenvalue weighted by Crippen LogP contribution is 2.29. The summed E-state index contributed by atoms with van der Waals surface area (Å²) in [4.78, 5) is 14.9. The van der Waals surface area contributed by atoms with E-state index in [-0.39, 0.29) is 5.91 Å². The lowest BCUT2D eigenvalue weighted by Crippen LogP contribution is -2.36. The molecule has 1 saturated heterocycles. The number of nitrogens with one attached hydrogen (secondary N) is 2. The molecule has 3 rings (SSSR count). The van der Waals surface area contributed by atoms with Gasteiger partial charge in [-0.25, -0.2) is 0 Å². The van der Waals surface area contributed by atoms with Gasteiger partial charge >= 0.3 is 0 Å². The summed E-state index contributed by atoms with van der Waals surface area (Å²) in [6, 6.07) is 13.9. The number of amides is 1. The lowest BCUT2D eigenvalue weighted by molar-refractivity contribution is -0.111. The number of benzene rings is 2. The molecule has 1 aliphatic rings. The van der Waals surface area contributed by atoms with Crippen LogP contribution in [0.4, 0.5) is 11.4 Å². The Labute approximate surface area is 185 Å². The molecular weight excluding hydrogens is 390 g/mol. The first-order valence-corrected chi connectivity index (χ1v) is 10.9. The molecule has 166 valence electrons. The van der Waals surface area contributed by atoms with Crippen LogP contribution >= 0.6 is 0 Å². The number of carbonyl (C=O) groups excluding carboxylic acids is 1. The molecule has 0 unspecified atom stereocenters. The monoisotopic (exact) mass is 423 g/mol. The summed E-state index contributed by atoms with van der Waals surface area (Å²) >= 11 is 0. The molecule has 6 nitrogen and oxygen atoms in total. The number of nitrogens with zero attached hydrogens (tertiary/aromatic N) is 1. The minimum absolute atomic E-state index is 0.178. The highest BCUT2D eigenvalue weighted by molar-refractivity contribution is 6.03. The predicted octanol–water partition coefficient (Wildman–Crippen LogP) is 4.64. The summed E-state index contributed by atoms with van der Waals surface area (Å²) in [5.74, 6) is 1.19. The van der Waals surface area contributed by atoms with Crippen LogP contribution in [-0.4, -0.2) is 50.7 Å². The fourth-order valence-corrected chi connectivity index (χ4v) is 3.56. The van der Waals surface area contributed by atoms with Gasteiger partial charge in [-0.1, -0.05) is 25.1 Å². The van der Waals surface area contributed by atoms with Crippen molar-refractivity contribution in [2.45, 2.75) is 32.2 Å². The third-order valence-corrected chi connectivity index (χ3v) is 5.34. The molecule has 31 heavy (non-hydrogen) atoms. The summed E-state index contributed by atoms with van der Waals surface area (Å²) in [6.07, 6.45) is 6.43. The molecule has 0 aromatic heterocycles. The lowest BCUT2D eigenvalue weighted by atomic mass is 10.0. The van der Waals surface area contributed by atoms with Crippen LogP contribution in [0.1, 0.15) is 31.7 Å². The van der Waals surface area contributed by atoms with Crippen LogP contribution < -0.4 is 20.1 Å². The van der Waals surface area contributed by atoms with E-state index in [4.69, 9.17) is 9.47 Å². The summed E-state index contributed by atoms with van der Waals surface area (Å²) in [5, 5.41) is 6.58. The highest BCUT2D eigenvalue weighted by atomic mass is 16.5. The number of carbonyl (C=O) groups is 1. The van der Waals surface area contributed by atoms with E-state index >= 15 is 0 Å². The van der Waals surface area contributed by atoms with Gasteiger partial charge in [0.1, 0.15) is 0 Å². The molecule has 2 aromatic carbocycles. The number of rotatable bonds is 9. The normalized spacial score (nSPS) is 15.1. The average Bonchev–Trinajstić information content (AvgIpc) is 2.79. The second kappa shape index (κ2) is 11.4. The summed E-state index contributed by atoms with van der Waals surface area (Å²) in [5.41, 5.74) is 2.61. The molecule has 1 amide bonds. The van der Waals surface area contributed by atoms with E-state index in [1.54, 1.807) is 13.2 Å². The SMILES string of the molecule is CCCOc1ccc(C=CC(=O)Nc2ccccc2NC2CCN(C)CC2)cc1OC. The van der Waals surface area contributed by atoms with E-state index in [0.717, 1.165) is 49.3 Å². The van der Waals surface area contributed by atoms with E-state index in [1.165, 1.54) is 6.08 Å². The number of piperidine rings is 1. The number of hydrogen-bond acceptors (Lipinski definition) is 5. The number of anilines is 2. The standard InChI is InChI=1S/C25H33N3O3/c1-4-17-31-23-11-9-19(18-24(23)30-3)10-12-25(29)27-22-8-6-5-7-21(22)26-20-13-15-28(2)16-14-20/h5-12,18,20,26H,4,13-17H2,1-3H3,(H,27,29). The van der Waals surface area contributed by atoms with Gasteiger partial charge in [-0.2, -0.15) is 0 Å². The van der Waals surface area contributed by atoms with Crippen molar-refractivity contribution in [3.05, 3.63) is 54.1 Å². The maximum atomic E-state index is 12.5. The molecule has 2 N–H and O–H groups in total. The third kappa shape index (κ3) is 6.76. The number of hydrogen-bond donors (Lipinski definition) is 2. The van der Waals surface area contributed by atoms with Crippen molar-refractivity contribution in [1.29, 1.82) is 0 Å².